The number of alkyl halides is 6. The molecule has 0 saturated heterocycles. The summed E-state index contributed by atoms with van der Waals surface area (Å²) in [5.41, 5.74) is -3.53. The monoisotopic (exact) mass is 350 g/mol. The maximum atomic E-state index is 12.8. The molecule has 0 aliphatic rings. The molecule has 0 bridgehead atoms. The van der Waals surface area contributed by atoms with E-state index in [9.17, 15) is 36.2 Å². The highest BCUT2D eigenvalue weighted by Gasteiger charge is 2.37. The second-order valence-corrected chi connectivity index (χ2v) is 4.48. The first kappa shape index (κ1) is 17.5. The molecular weight excluding hydrogens is 344 g/mol. The summed E-state index contributed by atoms with van der Waals surface area (Å²) in [4.78, 5) is 13.8. The normalized spacial score (nSPS) is 12.8. The van der Waals surface area contributed by atoms with E-state index in [-0.39, 0.29) is 6.07 Å². The van der Waals surface area contributed by atoms with E-state index in [1.165, 1.54) is 0 Å². The first-order chi connectivity index (χ1) is 11.0. The van der Waals surface area contributed by atoms with Gasteiger partial charge in [0.2, 0.25) is 0 Å². The third-order valence-electron chi connectivity index (χ3n) is 2.72. The Labute approximate surface area is 129 Å². The van der Waals surface area contributed by atoms with E-state index in [1.54, 1.807) is 0 Å². The van der Waals surface area contributed by atoms with Crippen LogP contribution >= 0.6 is 0 Å². The van der Waals surface area contributed by atoms with Gasteiger partial charge in [-0.25, -0.2) is 9.67 Å². The molecule has 1 aromatic heterocycles. The molecule has 0 radical (unpaired) electrons. The van der Waals surface area contributed by atoms with E-state index in [0.717, 1.165) is 17.2 Å². The van der Waals surface area contributed by atoms with Gasteiger partial charge in [-0.05, 0) is 24.3 Å². The summed E-state index contributed by atoms with van der Waals surface area (Å²) in [5, 5.41) is 13.8. The van der Waals surface area contributed by atoms with E-state index < -0.39 is 40.8 Å². The SMILES string of the molecule is O=C([O-])/C=C\n1cnc(-c2cc(C(F)(F)F)cc(C(F)(F)F)c2)n1. The molecular formula is C13H6F6N3O2-. The predicted octanol–water partition coefficient (Wildman–Crippen LogP) is 2.20. The zero-order valence-electron chi connectivity index (χ0n) is 11.4. The number of halogens is 6. The number of carboxylic acid groups (broad SMARTS) is 1. The smallest absolute Gasteiger partial charge is 0.416 e. The highest BCUT2D eigenvalue weighted by molar-refractivity contribution is 5.80. The van der Waals surface area contributed by atoms with Crippen LogP contribution in [-0.2, 0) is 17.1 Å². The van der Waals surface area contributed by atoms with Crippen molar-refractivity contribution in [1.82, 2.24) is 14.8 Å². The predicted molar refractivity (Wildman–Crippen MR) is 65.8 cm³/mol. The number of hydrogen-bond donors (Lipinski definition) is 0. The third kappa shape index (κ3) is 4.12. The summed E-state index contributed by atoms with van der Waals surface area (Å²) in [6.45, 7) is 0. The van der Waals surface area contributed by atoms with Crippen LogP contribution in [0.15, 0.2) is 30.6 Å². The Balaban J connectivity index is 2.52. The van der Waals surface area contributed by atoms with Crippen molar-refractivity contribution in [1.29, 1.82) is 0 Å². The van der Waals surface area contributed by atoms with Crippen molar-refractivity contribution in [2.75, 3.05) is 0 Å². The number of carboxylic acids is 1. The zero-order valence-corrected chi connectivity index (χ0v) is 11.4. The average molecular weight is 350 g/mol. The Morgan fingerprint density at radius 1 is 1.04 bits per heavy atom. The number of benzene rings is 1. The molecule has 0 amide bonds. The summed E-state index contributed by atoms with van der Waals surface area (Å²) >= 11 is 0. The summed E-state index contributed by atoms with van der Waals surface area (Å²) in [5.74, 6) is -2.00. The molecule has 0 unspecified atom stereocenters. The first-order valence-electron chi connectivity index (χ1n) is 6.07. The highest BCUT2D eigenvalue weighted by atomic mass is 19.4. The maximum absolute atomic E-state index is 12.8. The van der Waals surface area contributed by atoms with Crippen LogP contribution < -0.4 is 5.11 Å². The summed E-state index contributed by atoms with van der Waals surface area (Å²) in [7, 11) is 0. The van der Waals surface area contributed by atoms with Crippen LogP contribution in [0.1, 0.15) is 11.1 Å². The topological polar surface area (TPSA) is 70.8 Å². The van der Waals surface area contributed by atoms with Crippen LogP contribution in [0.5, 0.6) is 0 Å². The van der Waals surface area contributed by atoms with Gasteiger partial charge >= 0.3 is 12.4 Å². The van der Waals surface area contributed by atoms with Crippen molar-refractivity contribution in [2.45, 2.75) is 12.4 Å². The van der Waals surface area contributed by atoms with Gasteiger partial charge in [-0.2, -0.15) is 26.3 Å². The molecule has 0 fully saturated rings. The van der Waals surface area contributed by atoms with Gasteiger partial charge in [0.25, 0.3) is 0 Å². The number of carbonyl (C=O) groups excluding carboxylic acids is 1. The van der Waals surface area contributed by atoms with E-state index in [1.807, 2.05) is 0 Å². The molecule has 2 aromatic rings. The largest absolute Gasteiger partial charge is 0.545 e. The van der Waals surface area contributed by atoms with Crippen molar-refractivity contribution in [3.63, 3.8) is 0 Å². The molecule has 0 saturated carbocycles. The maximum Gasteiger partial charge on any atom is 0.416 e. The lowest BCUT2D eigenvalue weighted by Gasteiger charge is -2.13. The minimum atomic E-state index is -4.99. The van der Waals surface area contributed by atoms with Gasteiger partial charge < -0.3 is 9.90 Å². The second kappa shape index (κ2) is 5.98. The van der Waals surface area contributed by atoms with Crippen LogP contribution in [0.4, 0.5) is 26.3 Å². The molecule has 5 nitrogen and oxygen atoms in total. The lowest BCUT2D eigenvalue weighted by Crippen LogP contribution is -2.18. The molecule has 0 atom stereocenters. The fourth-order valence-corrected chi connectivity index (χ4v) is 1.70. The molecule has 1 heterocycles. The van der Waals surface area contributed by atoms with Crippen molar-refractivity contribution in [2.24, 2.45) is 0 Å². The number of carbonyl (C=O) groups is 1. The molecule has 11 heteroatoms. The van der Waals surface area contributed by atoms with Gasteiger partial charge in [0.15, 0.2) is 5.82 Å². The Hall–Kier alpha value is -2.85. The van der Waals surface area contributed by atoms with E-state index >= 15 is 0 Å². The van der Waals surface area contributed by atoms with Gasteiger partial charge in [0, 0.05) is 11.8 Å². The molecule has 2 rings (SSSR count). The minimum Gasteiger partial charge on any atom is -0.545 e. The van der Waals surface area contributed by atoms with Crippen molar-refractivity contribution >= 4 is 12.2 Å². The molecule has 0 aliphatic carbocycles. The Bertz CT molecular complexity index is 759. The lowest BCUT2D eigenvalue weighted by molar-refractivity contribution is -0.297. The van der Waals surface area contributed by atoms with Gasteiger partial charge in [-0.1, -0.05) is 0 Å². The van der Waals surface area contributed by atoms with Crippen LogP contribution in [-0.4, -0.2) is 20.7 Å². The zero-order chi connectivity index (χ0) is 18.1. The minimum absolute atomic E-state index is 0.0174. The van der Waals surface area contributed by atoms with Gasteiger partial charge in [0.1, 0.15) is 6.33 Å². The van der Waals surface area contributed by atoms with Gasteiger partial charge in [-0.3, -0.25) is 0 Å². The number of hydrogen-bond acceptors (Lipinski definition) is 4. The van der Waals surface area contributed by atoms with Crippen LogP contribution in [0.3, 0.4) is 0 Å². The first-order valence-corrected chi connectivity index (χ1v) is 6.07. The summed E-state index contributed by atoms with van der Waals surface area (Å²) in [6, 6.07) is 0.922. The quantitative estimate of drug-likeness (QED) is 0.629. The molecule has 24 heavy (non-hydrogen) atoms. The fourth-order valence-electron chi connectivity index (χ4n) is 1.70. The number of aliphatic carboxylic acids is 1. The summed E-state index contributed by atoms with van der Waals surface area (Å²) < 4.78 is 77.4. The molecule has 0 aliphatic heterocycles. The Morgan fingerprint density at radius 2 is 1.58 bits per heavy atom. The van der Waals surface area contributed by atoms with E-state index in [4.69, 9.17) is 0 Å². The van der Waals surface area contributed by atoms with Crippen molar-refractivity contribution in [3.8, 4) is 11.4 Å². The number of aromatic nitrogens is 3. The lowest BCUT2D eigenvalue weighted by atomic mass is 10.0. The van der Waals surface area contributed by atoms with Crippen LogP contribution in [0.25, 0.3) is 17.6 Å². The third-order valence-corrected chi connectivity index (χ3v) is 2.72. The van der Waals surface area contributed by atoms with E-state index in [2.05, 4.69) is 10.1 Å². The standard InChI is InChI=1S/C13H7F6N3O2/c14-12(15,16)8-3-7(4-9(5-8)13(17,18)19)11-20-6-22(21-11)2-1-10(23)24/h1-6H,(H,23,24)/p-1/b2-1-. The second-order valence-electron chi connectivity index (χ2n) is 4.48. The Morgan fingerprint density at radius 3 is 2.04 bits per heavy atom. The molecule has 1 aromatic carbocycles. The van der Waals surface area contributed by atoms with Gasteiger partial charge in [0.05, 0.1) is 17.1 Å². The summed E-state index contributed by atoms with van der Waals surface area (Å²) in [6.07, 6.45) is -7.64. The molecule has 0 spiro atoms. The van der Waals surface area contributed by atoms with E-state index in [0.29, 0.717) is 18.2 Å². The highest BCUT2D eigenvalue weighted by Crippen LogP contribution is 2.37. The average Bonchev–Trinajstić information content (AvgIpc) is 2.91. The van der Waals surface area contributed by atoms with Gasteiger partial charge in [-0.15, -0.1) is 5.10 Å². The van der Waals surface area contributed by atoms with Crippen molar-refractivity contribution < 1.29 is 36.2 Å². The molecule has 128 valence electrons. The number of rotatable bonds is 3. The number of nitrogens with zero attached hydrogens (tertiary/aromatic N) is 3. The van der Waals surface area contributed by atoms with Crippen LogP contribution in [0, 0.1) is 0 Å². The van der Waals surface area contributed by atoms with Crippen LogP contribution in [0.2, 0.25) is 0 Å². The fraction of sp³-hybridized carbons (Fsp3) is 0.154. The molecule has 0 N–H and O–H groups in total. The van der Waals surface area contributed by atoms with Crippen molar-refractivity contribution in [3.05, 3.63) is 41.7 Å². The Kier molecular flexibility index (Phi) is 4.36.